The number of benzene rings is 2. The van der Waals surface area contributed by atoms with E-state index in [2.05, 4.69) is 20.7 Å². The fourth-order valence-electron chi connectivity index (χ4n) is 1.64. The number of hydrogen-bond acceptors (Lipinski definition) is 2. The zero-order valence-electron chi connectivity index (χ0n) is 10.3. The second-order valence-corrected chi connectivity index (χ2v) is 7.55. The SMILES string of the molecule is Cc1ccc(Br)cc1S(=O)(=O)Nc1cc(Cl)ccc1Cl. The molecule has 2 rings (SSSR count). The highest BCUT2D eigenvalue weighted by molar-refractivity contribution is 9.10. The first kappa shape index (κ1) is 15.6. The molecule has 0 unspecified atom stereocenters. The summed E-state index contributed by atoms with van der Waals surface area (Å²) in [5.41, 5.74) is 0.886. The normalized spacial score (nSPS) is 11.4. The summed E-state index contributed by atoms with van der Waals surface area (Å²) in [6, 6.07) is 9.63. The van der Waals surface area contributed by atoms with E-state index in [4.69, 9.17) is 23.2 Å². The maximum absolute atomic E-state index is 12.4. The lowest BCUT2D eigenvalue weighted by molar-refractivity contribution is 0.600. The van der Waals surface area contributed by atoms with E-state index in [1.807, 2.05) is 0 Å². The van der Waals surface area contributed by atoms with Gasteiger partial charge < -0.3 is 0 Å². The number of anilines is 1. The summed E-state index contributed by atoms with van der Waals surface area (Å²) in [4.78, 5) is 0.183. The lowest BCUT2D eigenvalue weighted by Crippen LogP contribution is -2.14. The molecular formula is C13H10BrCl2NO2S. The molecule has 2 aromatic carbocycles. The molecule has 106 valence electrons. The standard InChI is InChI=1S/C13H10BrCl2NO2S/c1-8-2-3-9(14)6-13(8)20(18,19)17-12-7-10(15)4-5-11(12)16/h2-7,17H,1H3. The third-order valence-corrected chi connectivity index (χ3v) is 5.18. The van der Waals surface area contributed by atoms with Crippen LogP contribution in [0.1, 0.15) is 5.56 Å². The Kier molecular flexibility index (Phi) is 4.64. The van der Waals surface area contributed by atoms with Gasteiger partial charge in [0, 0.05) is 9.50 Å². The second kappa shape index (κ2) is 5.93. The third kappa shape index (κ3) is 3.47. The van der Waals surface area contributed by atoms with E-state index in [9.17, 15) is 8.42 Å². The van der Waals surface area contributed by atoms with Crippen LogP contribution in [0.15, 0.2) is 45.8 Å². The quantitative estimate of drug-likeness (QED) is 0.807. The summed E-state index contributed by atoms with van der Waals surface area (Å²) in [5.74, 6) is 0. The minimum Gasteiger partial charge on any atom is -0.278 e. The highest BCUT2D eigenvalue weighted by Gasteiger charge is 2.18. The smallest absolute Gasteiger partial charge is 0.262 e. The summed E-state index contributed by atoms with van der Waals surface area (Å²) in [7, 11) is -3.73. The van der Waals surface area contributed by atoms with Crippen molar-refractivity contribution in [3.05, 3.63) is 56.5 Å². The fraction of sp³-hybridized carbons (Fsp3) is 0.0769. The Morgan fingerprint density at radius 1 is 1.10 bits per heavy atom. The molecular weight excluding hydrogens is 385 g/mol. The van der Waals surface area contributed by atoms with Gasteiger partial charge in [0.15, 0.2) is 0 Å². The van der Waals surface area contributed by atoms with Gasteiger partial charge in [0.25, 0.3) is 10.0 Å². The van der Waals surface area contributed by atoms with Crippen molar-refractivity contribution in [1.82, 2.24) is 0 Å². The molecule has 7 heteroatoms. The van der Waals surface area contributed by atoms with Crippen molar-refractivity contribution in [3.63, 3.8) is 0 Å². The van der Waals surface area contributed by atoms with Crippen LogP contribution in [0.4, 0.5) is 5.69 Å². The first-order valence-electron chi connectivity index (χ1n) is 5.53. The van der Waals surface area contributed by atoms with Gasteiger partial charge in [0.2, 0.25) is 0 Å². The van der Waals surface area contributed by atoms with Crippen molar-refractivity contribution in [2.24, 2.45) is 0 Å². The Balaban J connectivity index is 2.46. The van der Waals surface area contributed by atoms with Gasteiger partial charge in [-0.3, -0.25) is 4.72 Å². The highest BCUT2D eigenvalue weighted by atomic mass is 79.9. The minimum atomic E-state index is -3.73. The highest BCUT2D eigenvalue weighted by Crippen LogP contribution is 2.29. The van der Waals surface area contributed by atoms with Crippen LogP contribution in [-0.4, -0.2) is 8.42 Å². The summed E-state index contributed by atoms with van der Waals surface area (Å²) >= 11 is 15.1. The van der Waals surface area contributed by atoms with E-state index in [0.29, 0.717) is 15.1 Å². The first-order chi connectivity index (χ1) is 9.29. The predicted molar refractivity (Wildman–Crippen MR) is 86.1 cm³/mol. The van der Waals surface area contributed by atoms with Crippen molar-refractivity contribution in [1.29, 1.82) is 0 Å². The van der Waals surface area contributed by atoms with Crippen molar-refractivity contribution < 1.29 is 8.42 Å². The van der Waals surface area contributed by atoms with Gasteiger partial charge in [0.05, 0.1) is 15.6 Å². The lowest BCUT2D eigenvalue weighted by atomic mass is 10.2. The number of halogens is 3. The first-order valence-corrected chi connectivity index (χ1v) is 8.57. The maximum atomic E-state index is 12.4. The number of aryl methyl sites for hydroxylation is 1. The Hall–Kier alpha value is -0.750. The van der Waals surface area contributed by atoms with Crippen LogP contribution in [0.5, 0.6) is 0 Å². The molecule has 0 saturated carbocycles. The van der Waals surface area contributed by atoms with Gasteiger partial charge in [-0.1, -0.05) is 45.2 Å². The van der Waals surface area contributed by atoms with Crippen LogP contribution in [0.25, 0.3) is 0 Å². The van der Waals surface area contributed by atoms with E-state index in [1.54, 1.807) is 25.1 Å². The van der Waals surface area contributed by atoms with Gasteiger partial charge in [0.1, 0.15) is 0 Å². The van der Waals surface area contributed by atoms with Gasteiger partial charge in [-0.2, -0.15) is 0 Å². The minimum absolute atomic E-state index is 0.183. The molecule has 0 bridgehead atoms. The van der Waals surface area contributed by atoms with Crippen LogP contribution >= 0.6 is 39.1 Å². The van der Waals surface area contributed by atoms with Crippen molar-refractivity contribution >= 4 is 54.8 Å². The third-order valence-electron chi connectivity index (χ3n) is 2.61. The molecule has 0 aliphatic heterocycles. The van der Waals surface area contributed by atoms with Crippen molar-refractivity contribution in [3.8, 4) is 0 Å². The molecule has 1 N–H and O–H groups in total. The Labute approximate surface area is 136 Å². The summed E-state index contributed by atoms with van der Waals surface area (Å²) < 4.78 is 27.9. The largest absolute Gasteiger partial charge is 0.278 e. The molecule has 3 nitrogen and oxygen atoms in total. The Morgan fingerprint density at radius 3 is 2.50 bits per heavy atom. The zero-order valence-corrected chi connectivity index (χ0v) is 14.2. The molecule has 0 radical (unpaired) electrons. The number of sulfonamides is 1. The summed E-state index contributed by atoms with van der Waals surface area (Å²) in [6.45, 7) is 1.72. The average Bonchev–Trinajstić information content (AvgIpc) is 2.36. The average molecular weight is 395 g/mol. The fourth-order valence-corrected chi connectivity index (χ4v) is 3.89. The number of nitrogens with one attached hydrogen (secondary N) is 1. The maximum Gasteiger partial charge on any atom is 0.262 e. The van der Waals surface area contributed by atoms with Crippen LogP contribution in [0.2, 0.25) is 10.0 Å². The number of rotatable bonds is 3. The van der Waals surface area contributed by atoms with Crippen molar-refractivity contribution in [2.75, 3.05) is 4.72 Å². The molecule has 0 heterocycles. The summed E-state index contributed by atoms with van der Waals surface area (Å²) in [6.07, 6.45) is 0. The molecule has 0 spiro atoms. The lowest BCUT2D eigenvalue weighted by Gasteiger charge is -2.12. The van der Waals surface area contributed by atoms with Crippen LogP contribution in [-0.2, 0) is 10.0 Å². The van der Waals surface area contributed by atoms with Crippen LogP contribution in [0, 0.1) is 6.92 Å². The topological polar surface area (TPSA) is 46.2 Å². The molecule has 2 aromatic rings. The molecule has 0 aliphatic carbocycles. The molecule has 0 aliphatic rings. The molecule has 0 aromatic heterocycles. The van der Waals surface area contributed by atoms with E-state index < -0.39 is 10.0 Å². The zero-order chi connectivity index (χ0) is 14.9. The van der Waals surface area contributed by atoms with E-state index in [0.717, 1.165) is 0 Å². The molecule has 20 heavy (non-hydrogen) atoms. The van der Waals surface area contributed by atoms with E-state index >= 15 is 0 Å². The van der Waals surface area contributed by atoms with E-state index in [-0.39, 0.29) is 15.6 Å². The molecule has 0 amide bonds. The van der Waals surface area contributed by atoms with Gasteiger partial charge in [-0.15, -0.1) is 0 Å². The van der Waals surface area contributed by atoms with Crippen molar-refractivity contribution in [2.45, 2.75) is 11.8 Å². The van der Waals surface area contributed by atoms with Crippen LogP contribution in [0.3, 0.4) is 0 Å². The Morgan fingerprint density at radius 2 is 1.80 bits per heavy atom. The Bertz CT molecular complexity index is 763. The predicted octanol–water partition coefficient (Wildman–Crippen LogP) is 4.87. The monoisotopic (exact) mass is 393 g/mol. The second-order valence-electron chi connectivity index (χ2n) is 4.14. The molecule has 0 atom stereocenters. The van der Waals surface area contributed by atoms with Gasteiger partial charge >= 0.3 is 0 Å². The van der Waals surface area contributed by atoms with Gasteiger partial charge in [-0.25, -0.2) is 8.42 Å². The van der Waals surface area contributed by atoms with E-state index in [1.165, 1.54) is 18.2 Å². The summed E-state index contributed by atoms with van der Waals surface area (Å²) in [5, 5.41) is 0.684. The number of hydrogen-bond donors (Lipinski definition) is 1. The molecule has 0 saturated heterocycles. The van der Waals surface area contributed by atoms with Gasteiger partial charge in [-0.05, 0) is 42.8 Å². The van der Waals surface area contributed by atoms with Crippen LogP contribution < -0.4 is 4.72 Å². The molecule has 0 fully saturated rings.